The van der Waals surface area contributed by atoms with Gasteiger partial charge < -0.3 is 9.52 Å². The largest absolute Gasteiger partial charge is 0.472 e. The van der Waals surface area contributed by atoms with Gasteiger partial charge in [0.1, 0.15) is 0 Å². The minimum Gasteiger partial charge on any atom is -0.472 e. The smallest absolute Gasteiger partial charge is 0.0960 e. The van der Waals surface area contributed by atoms with Crippen LogP contribution in [0, 0.1) is 0 Å². The Hall–Kier alpha value is -1.61. The fraction of sp³-hybridized carbons (Fsp3) is 0.182. The Morgan fingerprint density at radius 3 is 2.71 bits per heavy atom. The minimum absolute atomic E-state index is 0.504. The molecule has 14 heavy (non-hydrogen) atoms. The third-order valence-electron chi connectivity index (χ3n) is 2.11. The number of pyridine rings is 1. The van der Waals surface area contributed by atoms with E-state index in [9.17, 15) is 5.11 Å². The molecule has 1 atom stereocenters. The highest BCUT2D eigenvalue weighted by Gasteiger charge is 2.08. The van der Waals surface area contributed by atoms with Crippen LogP contribution in [0.15, 0.2) is 47.5 Å². The number of aliphatic hydroxyl groups excluding tert-OH is 1. The molecule has 2 aromatic rings. The van der Waals surface area contributed by atoms with Crippen molar-refractivity contribution >= 4 is 0 Å². The molecule has 0 aromatic carbocycles. The van der Waals surface area contributed by atoms with E-state index in [1.54, 1.807) is 31.0 Å². The first-order valence-corrected chi connectivity index (χ1v) is 4.45. The summed E-state index contributed by atoms with van der Waals surface area (Å²) in [6.07, 6.45) is 6.64. The van der Waals surface area contributed by atoms with E-state index >= 15 is 0 Å². The number of rotatable bonds is 3. The molecule has 0 fully saturated rings. The Bertz CT molecular complexity index is 369. The second-order valence-electron chi connectivity index (χ2n) is 3.13. The zero-order valence-electron chi connectivity index (χ0n) is 7.63. The van der Waals surface area contributed by atoms with Gasteiger partial charge in [0.05, 0.1) is 18.6 Å². The van der Waals surface area contributed by atoms with Crippen LogP contribution in [0.1, 0.15) is 17.2 Å². The van der Waals surface area contributed by atoms with Gasteiger partial charge in [-0.05, 0) is 23.8 Å². The molecule has 2 heterocycles. The third-order valence-corrected chi connectivity index (χ3v) is 2.11. The van der Waals surface area contributed by atoms with E-state index in [1.807, 2.05) is 12.1 Å². The van der Waals surface area contributed by atoms with Gasteiger partial charge in [-0.25, -0.2) is 0 Å². The lowest BCUT2D eigenvalue weighted by molar-refractivity contribution is 0.177. The number of furan rings is 1. The van der Waals surface area contributed by atoms with E-state index in [1.165, 1.54) is 0 Å². The van der Waals surface area contributed by atoms with Crippen LogP contribution in [-0.2, 0) is 6.42 Å². The van der Waals surface area contributed by atoms with Gasteiger partial charge in [0, 0.05) is 24.4 Å². The minimum atomic E-state index is -0.504. The highest BCUT2D eigenvalue weighted by Crippen LogP contribution is 2.17. The Morgan fingerprint density at radius 2 is 2.07 bits per heavy atom. The molecule has 3 nitrogen and oxygen atoms in total. The molecule has 0 aliphatic rings. The van der Waals surface area contributed by atoms with E-state index in [2.05, 4.69) is 4.98 Å². The van der Waals surface area contributed by atoms with Crippen LogP contribution in [-0.4, -0.2) is 10.1 Å². The monoisotopic (exact) mass is 189 g/mol. The number of nitrogens with zero attached hydrogens (tertiary/aromatic N) is 1. The topological polar surface area (TPSA) is 46.3 Å². The third kappa shape index (κ3) is 2.00. The molecule has 0 aliphatic heterocycles. The fourth-order valence-corrected chi connectivity index (χ4v) is 1.32. The summed E-state index contributed by atoms with van der Waals surface area (Å²) in [5.41, 5.74) is 1.87. The van der Waals surface area contributed by atoms with Crippen LogP contribution in [0.25, 0.3) is 0 Å². The molecule has 72 valence electrons. The van der Waals surface area contributed by atoms with Gasteiger partial charge in [-0.1, -0.05) is 0 Å². The summed E-state index contributed by atoms with van der Waals surface area (Å²) in [4.78, 5) is 3.92. The first-order chi connectivity index (χ1) is 6.86. The second-order valence-corrected chi connectivity index (χ2v) is 3.13. The van der Waals surface area contributed by atoms with Gasteiger partial charge in [0.2, 0.25) is 0 Å². The zero-order valence-corrected chi connectivity index (χ0v) is 7.63. The van der Waals surface area contributed by atoms with Crippen molar-refractivity contribution in [3.8, 4) is 0 Å². The lowest BCUT2D eigenvalue weighted by Gasteiger charge is -2.07. The first kappa shape index (κ1) is 8.97. The lowest BCUT2D eigenvalue weighted by atomic mass is 10.1. The summed E-state index contributed by atoms with van der Waals surface area (Å²) < 4.78 is 4.90. The molecule has 3 heteroatoms. The quantitative estimate of drug-likeness (QED) is 0.802. The molecule has 0 spiro atoms. The van der Waals surface area contributed by atoms with Gasteiger partial charge in [0.15, 0.2) is 0 Å². The summed E-state index contributed by atoms with van der Waals surface area (Å²) >= 11 is 0. The molecule has 0 bridgehead atoms. The average Bonchev–Trinajstić information content (AvgIpc) is 2.72. The van der Waals surface area contributed by atoms with Gasteiger partial charge in [-0.3, -0.25) is 4.98 Å². The van der Waals surface area contributed by atoms with Crippen molar-refractivity contribution in [1.82, 2.24) is 4.98 Å². The molecule has 2 rings (SSSR count). The number of aliphatic hydroxyl groups is 1. The summed E-state index contributed by atoms with van der Waals surface area (Å²) in [7, 11) is 0. The van der Waals surface area contributed by atoms with Crippen LogP contribution in [0.3, 0.4) is 0 Å². The van der Waals surface area contributed by atoms with Crippen LogP contribution in [0.2, 0.25) is 0 Å². The highest BCUT2D eigenvalue weighted by molar-refractivity contribution is 5.16. The molecule has 0 amide bonds. The molecular formula is C11H11NO2. The van der Waals surface area contributed by atoms with Crippen molar-refractivity contribution < 1.29 is 9.52 Å². The SMILES string of the molecule is OC(Cc1ccncc1)c1ccoc1. The second kappa shape index (κ2) is 4.07. The van der Waals surface area contributed by atoms with E-state index in [-0.39, 0.29) is 0 Å². The Kier molecular flexibility index (Phi) is 2.60. The predicted molar refractivity (Wildman–Crippen MR) is 51.6 cm³/mol. The van der Waals surface area contributed by atoms with Crippen molar-refractivity contribution in [2.45, 2.75) is 12.5 Å². The van der Waals surface area contributed by atoms with Crippen molar-refractivity contribution in [2.75, 3.05) is 0 Å². The maximum absolute atomic E-state index is 9.78. The van der Waals surface area contributed by atoms with E-state index in [0.29, 0.717) is 6.42 Å². The Morgan fingerprint density at radius 1 is 1.29 bits per heavy atom. The molecule has 0 saturated heterocycles. The van der Waals surface area contributed by atoms with Crippen molar-refractivity contribution in [1.29, 1.82) is 0 Å². The van der Waals surface area contributed by atoms with Crippen molar-refractivity contribution in [2.24, 2.45) is 0 Å². The van der Waals surface area contributed by atoms with E-state index in [0.717, 1.165) is 11.1 Å². The number of hydrogen-bond donors (Lipinski definition) is 1. The van der Waals surface area contributed by atoms with Gasteiger partial charge in [0.25, 0.3) is 0 Å². The van der Waals surface area contributed by atoms with E-state index in [4.69, 9.17) is 4.42 Å². The first-order valence-electron chi connectivity index (χ1n) is 4.45. The molecule has 0 aliphatic carbocycles. The summed E-state index contributed by atoms with van der Waals surface area (Å²) in [6.45, 7) is 0. The summed E-state index contributed by atoms with van der Waals surface area (Å²) in [5, 5.41) is 9.78. The van der Waals surface area contributed by atoms with Gasteiger partial charge in [-0.15, -0.1) is 0 Å². The average molecular weight is 189 g/mol. The maximum atomic E-state index is 9.78. The van der Waals surface area contributed by atoms with Gasteiger partial charge in [-0.2, -0.15) is 0 Å². The lowest BCUT2D eigenvalue weighted by Crippen LogP contribution is -2.00. The highest BCUT2D eigenvalue weighted by atomic mass is 16.3. The molecule has 0 radical (unpaired) electrons. The van der Waals surface area contributed by atoms with Crippen LogP contribution >= 0.6 is 0 Å². The van der Waals surface area contributed by atoms with Crippen molar-refractivity contribution in [3.05, 3.63) is 54.2 Å². The molecule has 1 N–H and O–H groups in total. The molecule has 0 saturated carbocycles. The van der Waals surface area contributed by atoms with Gasteiger partial charge >= 0.3 is 0 Å². The normalized spacial score (nSPS) is 12.6. The number of aromatic nitrogens is 1. The fourth-order valence-electron chi connectivity index (χ4n) is 1.32. The summed E-state index contributed by atoms with van der Waals surface area (Å²) in [5.74, 6) is 0. The van der Waals surface area contributed by atoms with Crippen LogP contribution < -0.4 is 0 Å². The predicted octanol–water partition coefficient (Wildman–Crippen LogP) is 1.95. The Balaban J connectivity index is 2.06. The standard InChI is InChI=1S/C11H11NO2/c13-11(10-3-6-14-8-10)7-9-1-4-12-5-2-9/h1-6,8,11,13H,7H2. The molecule has 1 unspecified atom stereocenters. The zero-order chi connectivity index (χ0) is 9.80. The van der Waals surface area contributed by atoms with Crippen LogP contribution in [0.4, 0.5) is 0 Å². The number of hydrogen-bond acceptors (Lipinski definition) is 3. The van der Waals surface area contributed by atoms with Crippen molar-refractivity contribution in [3.63, 3.8) is 0 Å². The van der Waals surface area contributed by atoms with E-state index < -0.39 is 6.10 Å². The summed E-state index contributed by atoms with van der Waals surface area (Å²) in [6, 6.07) is 5.55. The maximum Gasteiger partial charge on any atom is 0.0960 e. The molecule has 2 aromatic heterocycles. The van der Waals surface area contributed by atoms with Crippen LogP contribution in [0.5, 0.6) is 0 Å². The molecular weight excluding hydrogens is 178 g/mol. The Labute approximate surface area is 82.0 Å².